The fourth-order valence-electron chi connectivity index (χ4n) is 4.78. The van der Waals surface area contributed by atoms with E-state index >= 15 is 0 Å². The molecule has 5 nitrogen and oxygen atoms in total. The van der Waals surface area contributed by atoms with Gasteiger partial charge in [-0.2, -0.15) is 0 Å². The van der Waals surface area contributed by atoms with Crippen molar-refractivity contribution >= 4 is 11.6 Å². The number of fused-ring (bicyclic) bond motifs is 1. The van der Waals surface area contributed by atoms with Crippen molar-refractivity contribution in [1.29, 1.82) is 0 Å². The second-order valence-corrected chi connectivity index (χ2v) is 9.76. The van der Waals surface area contributed by atoms with Crippen LogP contribution in [0.5, 0.6) is 5.75 Å². The van der Waals surface area contributed by atoms with Gasteiger partial charge in [0.2, 0.25) is 5.91 Å². The van der Waals surface area contributed by atoms with E-state index in [4.69, 9.17) is 4.74 Å². The third kappa shape index (κ3) is 5.33. The number of nitrogens with zero attached hydrogens (tertiary/aromatic N) is 2. The molecule has 0 aromatic heterocycles. The molecular formula is C27H37N3O2. The Balaban J connectivity index is 1.31. The number of piperazine rings is 1. The van der Waals surface area contributed by atoms with Crippen molar-refractivity contribution in [2.75, 3.05) is 44.6 Å². The smallest absolute Gasteiger partial charge is 0.238 e. The molecular weight excluding hydrogens is 398 g/mol. The molecule has 0 atom stereocenters. The molecule has 2 aromatic rings. The Morgan fingerprint density at radius 1 is 0.969 bits per heavy atom. The van der Waals surface area contributed by atoms with Crippen molar-refractivity contribution in [2.24, 2.45) is 0 Å². The summed E-state index contributed by atoms with van der Waals surface area (Å²) in [4.78, 5) is 17.7. The molecule has 1 fully saturated rings. The Kier molecular flexibility index (Phi) is 7.17. The lowest BCUT2D eigenvalue weighted by atomic mass is 9.92. The molecule has 0 spiro atoms. The Morgan fingerprint density at radius 2 is 1.62 bits per heavy atom. The van der Waals surface area contributed by atoms with Crippen LogP contribution in [0.1, 0.15) is 61.8 Å². The van der Waals surface area contributed by atoms with Gasteiger partial charge in [0.05, 0.1) is 13.2 Å². The van der Waals surface area contributed by atoms with E-state index in [1.165, 1.54) is 22.3 Å². The van der Waals surface area contributed by atoms with Crippen LogP contribution in [0.15, 0.2) is 36.4 Å². The zero-order valence-corrected chi connectivity index (χ0v) is 20.0. The summed E-state index contributed by atoms with van der Waals surface area (Å²) in [7, 11) is 0. The topological polar surface area (TPSA) is 44.8 Å². The minimum Gasteiger partial charge on any atom is -0.493 e. The molecule has 1 N–H and O–H groups in total. The van der Waals surface area contributed by atoms with Gasteiger partial charge in [0.15, 0.2) is 0 Å². The van der Waals surface area contributed by atoms with E-state index in [2.05, 4.69) is 79.2 Å². The summed E-state index contributed by atoms with van der Waals surface area (Å²) in [6.07, 6.45) is 1.02. The molecule has 2 aromatic carbocycles. The summed E-state index contributed by atoms with van der Waals surface area (Å²) in [5, 5.41) is 3.26. The summed E-state index contributed by atoms with van der Waals surface area (Å²) in [6, 6.07) is 13.0. The van der Waals surface area contributed by atoms with Crippen LogP contribution < -0.4 is 10.1 Å². The van der Waals surface area contributed by atoms with Crippen molar-refractivity contribution in [2.45, 2.75) is 52.5 Å². The van der Waals surface area contributed by atoms with Crippen LogP contribution in [-0.4, -0.2) is 55.0 Å². The summed E-state index contributed by atoms with van der Waals surface area (Å²) in [5.74, 6) is 1.88. The van der Waals surface area contributed by atoms with E-state index < -0.39 is 0 Å². The maximum Gasteiger partial charge on any atom is 0.238 e. The second-order valence-electron chi connectivity index (χ2n) is 9.76. The number of carbonyl (C=O) groups is 1. The number of para-hydroxylation sites is 1. The molecule has 0 bridgehead atoms. The molecule has 1 amide bonds. The highest BCUT2D eigenvalue weighted by atomic mass is 16.5. The highest BCUT2D eigenvalue weighted by Crippen LogP contribution is 2.32. The van der Waals surface area contributed by atoms with Gasteiger partial charge in [-0.15, -0.1) is 0 Å². The molecule has 32 heavy (non-hydrogen) atoms. The highest BCUT2D eigenvalue weighted by molar-refractivity contribution is 5.94. The summed E-state index contributed by atoms with van der Waals surface area (Å²) < 4.78 is 5.62. The molecule has 1 saturated heterocycles. The second kappa shape index (κ2) is 10.1. The molecule has 2 aliphatic heterocycles. The van der Waals surface area contributed by atoms with Crippen LogP contribution in [0.2, 0.25) is 0 Å². The average molecular weight is 436 g/mol. The number of ether oxygens (including phenoxy) is 1. The number of amides is 1. The molecule has 2 aliphatic rings. The van der Waals surface area contributed by atoms with Crippen LogP contribution in [-0.2, 0) is 17.8 Å². The lowest BCUT2D eigenvalue weighted by Crippen LogP contribution is -2.48. The summed E-state index contributed by atoms with van der Waals surface area (Å²) in [5.41, 5.74) is 6.14. The Bertz CT molecular complexity index is 920. The van der Waals surface area contributed by atoms with Gasteiger partial charge in [0.25, 0.3) is 0 Å². The van der Waals surface area contributed by atoms with Gasteiger partial charge in [0, 0.05) is 44.8 Å². The number of benzene rings is 2. The largest absolute Gasteiger partial charge is 0.493 e. The minimum absolute atomic E-state index is 0.0899. The molecule has 172 valence electrons. The normalized spacial score (nSPS) is 16.9. The molecule has 0 radical (unpaired) electrons. The quantitative estimate of drug-likeness (QED) is 0.689. The first kappa shape index (κ1) is 22.8. The predicted molar refractivity (Wildman–Crippen MR) is 131 cm³/mol. The number of hydrogen-bond acceptors (Lipinski definition) is 4. The maximum absolute atomic E-state index is 12.9. The van der Waals surface area contributed by atoms with Gasteiger partial charge in [-0.3, -0.25) is 14.6 Å². The zero-order valence-electron chi connectivity index (χ0n) is 20.0. The zero-order chi connectivity index (χ0) is 22.7. The molecule has 2 heterocycles. The van der Waals surface area contributed by atoms with E-state index in [-0.39, 0.29) is 5.91 Å². The average Bonchev–Trinajstić information content (AvgIpc) is 3.23. The maximum atomic E-state index is 12.9. The van der Waals surface area contributed by atoms with Gasteiger partial charge in [-0.05, 0) is 40.2 Å². The van der Waals surface area contributed by atoms with E-state index in [0.717, 1.165) is 57.2 Å². The number of carbonyl (C=O) groups excluding carboxylic acids is 1. The van der Waals surface area contributed by atoms with Crippen molar-refractivity contribution in [3.8, 4) is 5.75 Å². The van der Waals surface area contributed by atoms with Gasteiger partial charge in [-0.25, -0.2) is 0 Å². The molecule has 0 aliphatic carbocycles. The minimum atomic E-state index is 0.0899. The number of hydrogen-bond donors (Lipinski definition) is 1. The molecule has 0 unspecified atom stereocenters. The van der Waals surface area contributed by atoms with Crippen LogP contribution in [0.4, 0.5) is 5.69 Å². The van der Waals surface area contributed by atoms with Crippen molar-refractivity contribution < 1.29 is 9.53 Å². The Hall–Kier alpha value is -2.37. The lowest BCUT2D eigenvalue weighted by molar-refractivity contribution is -0.117. The van der Waals surface area contributed by atoms with Gasteiger partial charge >= 0.3 is 0 Å². The first-order valence-electron chi connectivity index (χ1n) is 12.0. The monoisotopic (exact) mass is 435 g/mol. The van der Waals surface area contributed by atoms with Crippen LogP contribution in [0, 0.1) is 0 Å². The van der Waals surface area contributed by atoms with Crippen molar-refractivity contribution in [3.63, 3.8) is 0 Å². The van der Waals surface area contributed by atoms with E-state index in [1.807, 2.05) is 0 Å². The van der Waals surface area contributed by atoms with Gasteiger partial charge in [-0.1, -0.05) is 58.0 Å². The van der Waals surface area contributed by atoms with Crippen molar-refractivity contribution in [3.05, 3.63) is 58.7 Å². The predicted octanol–water partition coefficient (Wildman–Crippen LogP) is 4.62. The van der Waals surface area contributed by atoms with Crippen LogP contribution in [0.3, 0.4) is 0 Å². The fourth-order valence-corrected chi connectivity index (χ4v) is 4.78. The number of rotatable bonds is 7. The Morgan fingerprint density at radius 3 is 2.28 bits per heavy atom. The van der Waals surface area contributed by atoms with Gasteiger partial charge in [0.1, 0.15) is 5.75 Å². The van der Waals surface area contributed by atoms with E-state index in [1.54, 1.807) is 0 Å². The lowest BCUT2D eigenvalue weighted by Gasteiger charge is -2.34. The van der Waals surface area contributed by atoms with Crippen molar-refractivity contribution in [1.82, 2.24) is 9.80 Å². The standard InChI is InChI=1S/C27H37N3O2/c1-19(2)23-6-5-7-24(20(3)4)27(23)28-26(31)18-30-13-11-29(12-14-30)17-21-8-9-25-22(16-21)10-15-32-25/h5-9,16,19-20H,10-15,17-18H2,1-4H3,(H,28,31). The highest BCUT2D eigenvalue weighted by Gasteiger charge is 2.22. The first-order chi connectivity index (χ1) is 15.4. The van der Waals surface area contributed by atoms with E-state index in [9.17, 15) is 4.79 Å². The van der Waals surface area contributed by atoms with Crippen LogP contribution in [0.25, 0.3) is 0 Å². The molecule has 5 heteroatoms. The van der Waals surface area contributed by atoms with Crippen LogP contribution >= 0.6 is 0 Å². The summed E-state index contributed by atoms with van der Waals surface area (Å²) >= 11 is 0. The van der Waals surface area contributed by atoms with Gasteiger partial charge < -0.3 is 10.1 Å². The summed E-state index contributed by atoms with van der Waals surface area (Å²) in [6.45, 7) is 14.8. The third-order valence-corrected chi connectivity index (χ3v) is 6.63. The number of nitrogens with one attached hydrogen (secondary N) is 1. The first-order valence-corrected chi connectivity index (χ1v) is 12.0. The van der Waals surface area contributed by atoms with E-state index in [0.29, 0.717) is 18.4 Å². The molecule has 4 rings (SSSR count). The molecule has 0 saturated carbocycles. The fraction of sp³-hybridized carbons (Fsp3) is 0.519. The third-order valence-electron chi connectivity index (χ3n) is 6.63. The number of anilines is 1. The Labute approximate surface area is 192 Å². The SMILES string of the molecule is CC(C)c1cccc(C(C)C)c1NC(=O)CN1CCN(Cc2ccc3c(c2)CCO3)CC1.